The third kappa shape index (κ3) is 4.33. The lowest BCUT2D eigenvalue weighted by Gasteiger charge is -2.48. The highest BCUT2D eigenvalue weighted by Crippen LogP contribution is 2.40. The minimum Gasteiger partial charge on any atom is -0.402 e. The van der Waals surface area contributed by atoms with Crippen LogP contribution in [0.4, 0.5) is 4.79 Å². The lowest BCUT2D eigenvalue weighted by atomic mass is 9.90. The van der Waals surface area contributed by atoms with Gasteiger partial charge in [-0.1, -0.05) is 60.7 Å². The van der Waals surface area contributed by atoms with Gasteiger partial charge in [0.15, 0.2) is 0 Å². The Morgan fingerprint density at radius 3 is 1.92 bits per heavy atom. The predicted octanol–water partition coefficient (Wildman–Crippen LogP) is 0.577. The molecule has 0 saturated carbocycles. The molecule has 0 unspecified atom stereocenters. The van der Waals surface area contributed by atoms with E-state index in [2.05, 4.69) is 35.0 Å². The maximum absolute atomic E-state index is 11.9. The zero-order valence-electron chi connectivity index (χ0n) is 13.2. The van der Waals surface area contributed by atoms with E-state index in [1.807, 2.05) is 36.4 Å². The lowest BCUT2D eigenvalue weighted by molar-refractivity contribution is 0.00695. The first-order chi connectivity index (χ1) is 11.5. The second-order valence-electron chi connectivity index (χ2n) is 5.14. The number of rotatable bonds is 2. The molecule has 1 heterocycles. The van der Waals surface area contributed by atoms with E-state index in [4.69, 9.17) is 15.1 Å². The second-order valence-corrected chi connectivity index (χ2v) is 5.14. The van der Waals surface area contributed by atoms with Crippen LogP contribution in [0.1, 0.15) is 23.2 Å². The fraction of sp³-hybridized carbons (Fsp3) is 0.188. The summed E-state index contributed by atoms with van der Waals surface area (Å²) < 4.78 is 0. The van der Waals surface area contributed by atoms with E-state index in [9.17, 15) is 4.79 Å². The smallest absolute Gasteiger partial charge is 0.402 e. The number of carbonyl (C=O) groups is 1. The van der Waals surface area contributed by atoms with Crippen molar-refractivity contribution in [3.63, 3.8) is 0 Å². The van der Waals surface area contributed by atoms with E-state index in [0.717, 1.165) is 5.56 Å². The Hall–Kier alpha value is -2.39. The molecule has 5 N–H and O–H groups in total. The van der Waals surface area contributed by atoms with Gasteiger partial charge in [0.2, 0.25) is 0 Å². The summed E-state index contributed by atoms with van der Waals surface area (Å²) in [6.45, 7) is 0. The number of hydrogen-bond donors (Lipinski definition) is 5. The highest BCUT2D eigenvalue weighted by atomic mass is 16.5. The monoisotopic (exact) mass is 329 g/mol. The number of hydrazine groups is 1. The fourth-order valence-corrected chi connectivity index (χ4v) is 2.58. The van der Waals surface area contributed by atoms with Gasteiger partial charge in [-0.15, -0.1) is 0 Å². The van der Waals surface area contributed by atoms with Crippen molar-refractivity contribution in [2.75, 3.05) is 7.05 Å². The van der Waals surface area contributed by atoms with Gasteiger partial charge in [-0.2, -0.15) is 0 Å². The first-order valence-electron chi connectivity index (χ1n) is 7.45. The van der Waals surface area contributed by atoms with E-state index in [0.29, 0.717) is 0 Å². The molecule has 24 heavy (non-hydrogen) atoms. The standard InChI is InChI=1S/C16H17N3O.BH3O3/c1-17-16(20)19-15(13-10-6-3-7-11-13)14(18-19)12-8-4-2-5-9-12;2-1(3)4/h2-11,14-15,18H,1H3,(H,17,20);2-4H/t14-,15+;/m1./s1. The molecule has 2 aromatic rings. The Balaban J connectivity index is 0.000000471. The molecule has 0 aliphatic carbocycles. The Morgan fingerprint density at radius 2 is 1.46 bits per heavy atom. The molecule has 0 radical (unpaired) electrons. The van der Waals surface area contributed by atoms with Gasteiger partial charge in [-0.05, 0) is 11.1 Å². The number of amides is 2. The molecular weight excluding hydrogens is 309 g/mol. The van der Waals surface area contributed by atoms with Crippen LogP contribution in [0.15, 0.2) is 60.7 Å². The van der Waals surface area contributed by atoms with E-state index >= 15 is 0 Å². The summed E-state index contributed by atoms with van der Waals surface area (Å²) in [5.41, 5.74) is 5.53. The predicted molar refractivity (Wildman–Crippen MR) is 90.2 cm³/mol. The van der Waals surface area contributed by atoms with Crippen LogP contribution < -0.4 is 10.7 Å². The van der Waals surface area contributed by atoms with Crippen LogP contribution in [0, 0.1) is 0 Å². The van der Waals surface area contributed by atoms with Gasteiger partial charge in [0.05, 0.1) is 12.1 Å². The fourth-order valence-electron chi connectivity index (χ4n) is 2.58. The minimum atomic E-state index is -2.17. The van der Waals surface area contributed by atoms with Gasteiger partial charge in [0, 0.05) is 7.05 Å². The summed E-state index contributed by atoms with van der Waals surface area (Å²) in [7, 11) is -0.526. The van der Waals surface area contributed by atoms with Crippen molar-refractivity contribution in [2.24, 2.45) is 0 Å². The van der Waals surface area contributed by atoms with Gasteiger partial charge in [0.25, 0.3) is 0 Å². The number of nitrogens with one attached hydrogen (secondary N) is 2. The van der Waals surface area contributed by atoms with Gasteiger partial charge in [-0.3, -0.25) is 0 Å². The molecule has 1 aliphatic rings. The topological polar surface area (TPSA) is 105 Å². The molecule has 8 heteroatoms. The van der Waals surface area contributed by atoms with Crippen LogP contribution in [-0.2, 0) is 0 Å². The van der Waals surface area contributed by atoms with Crippen LogP contribution in [0.2, 0.25) is 0 Å². The summed E-state index contributed by atoms with van der Waals surface area (Å²) in [4.78, 5) is 11.9. The number of benzene rings is 2. The average molecular weight is 329 g/mol. The first kappa shape index (κ1) is 18.0. The Bertz CT molecular complexity index is 640. The van der Waals surface area contributed by atoms with Crippen molar-refractivity contribution in [3.8, 4) is 0 Å². The zero-order valence-corrected chi connectivity index (χ0v) is 13.2. The molecule has 1 saturated heterocycles. The highest BCUT2D eigenvalue weighted by Gasteiger charge is 2.43. The Kier molecular flexibility index (Phi) is 6.33. The summed E-state index contributed by atoms with van der Waals surface area (Å²) in [5, 5.41) is 25.8. The van der Waals surface area contributed by atoms with Crippen LogP contribution in [0.25, 0.3) is 0 Å². The minimum absolute atomic E-state index is 0.0125. The molecule has 3 rings (SSSR count). The molecule has 2 aromatic carbocycles. The summed E-state index contributed by atoms with van der Waals surface area (Å²) in [6, 6.07) is 20.3. The molecule has 1 fully saturated rings. The summed E-state index contributed by atoms with van der Waals surface area (Å²) in [6.07, 6.45) is 0. The molecule has 0 aromatic heterocycles. The molecular formula is C16H20BN3O4. The number of nitrogens with zero attached hydrogens (tertiary/aromatic N) is 1. The number of urea groups is 1. The average Bonchev–Trinajstić information content (AvgIpc) is 2.55. The highest BCUT2D eigenvalue weighted by molar-refractivity contribution is 6.30. The van der Waals surface area contributed by atoms with E-state index < -0.39 is 7.32 Å². The van der Waals surface area contributed by atoms with Crippen molar-refractivity contribution in [1.82, 2.24) is 15.8 Å². The van der Waals surface area contributed by atoms with Crippen molar-refractivity contribution < 1.29 is 19.9 Å². The summed E-state index contributed by atoms with van der Waals surface area (Å²) >= 11 is 0. The van der Waals surface area contributed by atoms with Crippen molar-refractivity contribution >= 4 is 13.4 Å². The second kappa shape index (κ2) is 8.46. The molecule has 126 valence electrons. The molecule has 0 spiro atoms. The van der Waals surface area contributed by atoms with E-state index in [1.54, 1.807) is 12.1 Å². The molecule has 0 bridgehead atoms. The van der Waals surface area contributed by atoms with Crippen molar-refractivity contribution in [2.45, 2.75) is 12.1 Å². The van der Waals surface area contributed by atoms with Crippen molar-refractivity contribution in [3.05, 3.63) is 71.8 Å². The molecule has 1 aliphatic heterocycles. The largest absolute Gasteiger partial charge is 0.631 e. The molecule has 2 amide bonds. The SMILES string of the molecule is CNC(=O)N1N[C@H](c2ccccc2)[C@@H]1c1ccccc1.OB(O)O. The van der Waals surface area contributed by atoms with Gasteiger partial charge in [-0.25, -0.2) is 15.2 Å². The van der Waals surface area contributed by atoms with Gasteiger partial charge >= 0.3 is 13.4 Å². The third-order valence-electron chi connectivity index (χ3n) is 3.60. The lowest BCUT2D eigenvalue weighted by Crippen LogP contribution is -2.62. The Morgan fingerprint density at radius 1 is 1.00 bits per heavy atom. The van der Waals surface area contributed by atoms with Gasteiger partial charge in [0.1, 0.15) is 0 Å². The number of hydrogen-bond acceptors (Lipinski definition) is 5. The molecule has 7 nitrogen and oxygen atoms in total. The normalized spacial score (nSPS) is 18.8. The number of carbonyl (C=O) groups excluding carboxylic acids is 1. The summed E-state index contributed by atoms with van der Waals surface area (Å²) in [5.74, 6) is 0. The molecule has 2 atom stereocenters. The maximum atomic E-state index is 11.9. The van der Waals surface area contributed by atoms with Crippen LogP contribution in [0.5, 0.6) is 0 Å². The first-order valence-corrected chi connectivity index (χ1v) is 7.45. The van der Waals surface area contributed by atoms with Crippen LogP contribution in [0.3, 0.4) is 0 Å². The maximum Gasteiger partial charge on any atom is 0.631 e. The quantitative estimate of drug-likeness (QED) is 0.518. The van der Waals surface area contributed by atoms with Crippen LogP contribution in [-0.4, -0.2) is 40.5 Å². The van der Waals surface area contributed by atoms with E-state index in [-0.39, 0.29) is 18.1 Å². The third-order valence-corrected chi connectivity index (χ3v) is 3.60. The zero-order chi connectivity index (χ0) is 17.5. The Labute approximate surface area is 140 Å². The van der Waals surface area contributed by atoms with E-state index in [1.165, 1.54) is 5.56 Å². The van der Waals surface area contributed by atoms with Gasteiger partial charge < -0.3 is 20.4 Å². The van der Waals surface area contributed by atoms with Crippen LogP contribution >= 0.6 is 0 Å². The van der Waals surface area contributed by atoms with Crippen molar-refractivity contribution in [1.29, 1.82) is 0 Å².